The zero-order valence-corrected chi connectivity index (χ0v) is 18.5. The van der Waals surface area contributed by atoms with Crippen molar-refractivity contribution in [3.63, 3.8) is 0 Å². The van der Waals surface area contributed by atoms with Crippen molar-refractivity contribution in [3.8, 4) is 0 Å². The maximum absolute atomic E-state index is 12.6. The summed E-state index contributed by atoms with van der Waals surface area (Å²) in [4.78, 5) is 12.6. The number of carbonyl (C=O) groups excluding carboxylic acids is 1. The van der Waals surface area contributed by atoms with Crippen LogP contribution in [0.3, 0.4) is 0 Å². The summed E-state index contributed by atoms with van der Waals surface area (Å²) in [5.74, 6) is 1.27. The van der Waals surface area contributed by atoms with E-state index < -0.39 is 0 Å². The van der Waals surface area contributed by atoms with Gasteiger partial charge >= 0.3 is 0 Å². The molecule has 0 spiro atoms. The fourth-order valence-electron chi connectivity index (χ4n) is 3.29. The van der Waals surface area contributed by atoms with E-state index in [2.05, 4.69) is 39.0 Å². The number of thioether (sulfide) groups is 1. The summed E-state index contributed by atoms with van der Waals surface area (Å²) < 4.78 is 2.12. The van der Waals surface area contributed by atoms with Crippen LogP contribution in [0, 0.1) is 0 Å². The Kier molecular flexibility index (Phi) is 7.18. The molecule has 1 aromatic heterocycles. The summed E-state index contributed by atoms with van der Waals surface area (Å²) in [6.45, 7) is 0.676. The smallest absolute Gasteiger partial charge is 0.191 e. The van der Waals surface area contributed by atoms with Gasteiger partial charge in [0, 0.05) is 17.0 Å². The van der Waals surface area contributed by atoms with E-state index in [0.717, 1.165) is 23.8 Å². The molecule has 4 nitrogen and oxygen atoms in total. The highest BCUT2D eigenvalue weighted by atomic mass is 35.5. The molecule has 0 saturated heterocycles. The number of nitrogens with zero attached hydrogens (tertiary/aromatic N) is 3. The number of carbonyl (C=O) groups is 1. The maximum atomic E-state index is 12.6. The summed E-state index contributed by atoms with van der Waals surface area (Å²) in [6.07, 6.45) is 1.68. The lowest BCUT2D eigenvalue weighted by molar-refractivity contribution is 0.102. The van der Waals surface area contributed by atoms with E-state index in [4.69, 9.17) is 11.6 Å². The third-order valence-electron chi connectivity index (χ3n) is 4.96. The molecule has 0 unspecified atom stereocenters. The van der Waals surface area contributed by atoms with Crippen LogP contribution < -0.4 is 0 Å². The molecule has 0 bridgehead atoms. The molecule has 0 N–H and O–H groups in total. The van der Waals surface area contributed by atoms with Crippen LogP contribution in [0.5, 0.6) is 0 Å². The molecule has 0 radical (unpaired) electrons. The molecular weight excluding hydrogens is 426 g/mol. The highest BCUT2D eigenvalue weighted by Gasteiger charge is 2.15. The Hall–Kier alpha value is -2.89. The van der Waals surface area contributed by atoms with Crippen LogP contribution in [-0.4, -0.2) is 26.3 Å². The first-order valence-corrected chi connectivity index (χ1v) is 11.5. The second-order valence-electron chi connectivity index (χ2n) is 7.17. The Morgan fingerprint density at radius 2 is 1.45 bits per heavy atom. The molecule has 4 aromatic rings. The minimum absolute atomic E-state index is 0.0433. The van der Waals surface area contributed by atoms with Gasteiger partial charge in [-0.3, -0.25) is 4.79 Å². The lowest BCUT2D eigenvalue weighted by Crippen LogP contribution is -2.09. The van der Waals surface area contributed by atoms with Gasteiger partial charge in [0.05, 0.1) is 12.3 Å². The van der Waals surface area contributed by atoms with Gasteiger partial charge in [0.1, 0.15) is 5.82 Å². The molecule has 4 rings (SSSR count). The van der Waals surface area contributed by atoms with E-state index in [1.807, 2.05) is 36.4 Å². The molecule has 0 aliphatic carbocycles. The van der Waals surface area contributed by atoms with Gasteiger partial charge < -0.3 is 4.57 Å². The molecule has 0 aliphatic rings. The predicted octanol–water partition coefficient (Wildman–Crippen LogP) is 5.74. The van der Waals surface area contributed by atoms with Crippen LogP contribution in [0.1, 0.15) is 27.3 Å². The summed E-state index contributed by atoms with van der Waals surface area (Å²) >= 11 is 7.35. The third-order valence-corrected chi connectivity index (χ3v) is 6.17. The SMILES string of the molecule is O=C(CSc1nnc(CCc2ccccc2)n1Cc1ccccc1)c1ccc(Cl)cc1. The van der Waals surface area contributed by atoms with E-state index in [1.165, 1.54) is 22.9 Å². The van der Waals surface area contributed by atoms with Crippen molar-refractivity contribution >= 4 is 29.1 Å². The van der Waals surface area contributed by atoms with Crippen molar-refractivity contribution in [2.24, 2.45) is 0 Å². The highest BCUT2D eigenvalue weighted by molar-refractivity contribution is 7.99. The van der Waals surface area contributed by atoms with Crippen LogP contribution in [-0.2, 0) is 19.4 Å². The van der Waals surface area contributed by atoms with E-state index in [9.17, 15) is 4.79 Å². The van der Waals surface area contributed by atoms with Gasteiger partial charge in [-0.2, -0.15) is 0 Å². The molecule has 1 heterocycles. The Morgan fingerprint density at radius 3 is 2.13 bits per heavy atom. The summed E-state index contributed by atoms with van der Waals surface area (Å²) in [5.41, 5.74) is 3.09. The lowest BCUT2D eigenvalue weighted by Gasteiger charge is -2.10. The van der Waals surface area contributed by atoms with Gasteiger partial charge in [-0.15, -0.1) is 10.2 Å². The second-order valence-corrected chi connectivity index (χ2v) is 8.55. The molecule has 0 aliphatic heterocycles. The molecule has 0 amide bonds. The number of halogens is 1. The van der Waals surface area contributed by atoms with Crippen LogP contribution in [0.25, 0.3) is 0 Å². The van der Waals surface area contributed by atoms with Gasteiger partial charge in [0.25, 0.3) is 0 Å². The van der Waals surface area contributed by atoms with E-state index >= 15 is 0 Å². The Morgan fingerprint density at radius 1 is 0.806 bits per heavy atom. The van der Waals surface area contributed by atoms with Gasteiger partial charge in [-0.1, -0.05) is 84.0 Å². The molecule has 6 heteroatoms. The monoisotopic (exact) mass is 447 g/mol. The third kappa shape index (κ3) is 5.84. The highest BCUT2D eigenvalue weighted by Crippen LogP contribution is 2.22. The van der Waals surface area contributed by atoms with Crippen molar-refractivity contribution in [1.82, 2.24) is 14.8 Å². The van der Waals surface area contributed by atoms with E-state index in [0.29, 0.717) is 22.9 Å². The summed E-state index contributed by atoms with van der Waals surface area (Å²) in [7, 11) is 0. The zero-order valence-electron chi connectivity index (χ0n) is 16.9. The van der Waals surface area contributed by atoms with Crippen LogP contribution in [0.4, 0.5) is 0 Å². The molecule has 0 atom stereocenters. The minimum atomic E-state index is 0.0433. The Labute approximate surface area is 191 Å². The first-order chi connectivity index (χ1) is 15.2. The molecule has 156 valence electrons. The largest absolute Gasteiger partial charge is 0.302 e. The number of ketones is 1. The first kappa shape index (κ1) is 21.3. The normalized spacial score (nSPS) is 10.9. The molecule has 31 heavy (non-hydrogen) atoms. The predicted molar refractivity (Wildman–Crippen MR) is 126 cm³/mol. The number of hydrogen-bond donors (Lipinski definition) is 0. The molecule has 0 fully saturated rings. The molecular formula is C25H22ClN3OS. The molecule has 3 aromatic carbocycles. The van der Waals surface area contributed by atoms with Crippen LogP contribution in [0.15, 0.2) is 90.1 Å². The minimum Gasteiger partial charge on any atom is -0.302 e. The van der Waals surface area contributed by atoms with Gasteiger partial charge in [0.2, 0.25) is 0 Å². The second kappa shape index (κ2) is 10.4. The number of Topliss-reactive ketones (excluding diaryl/α,β-unsaturated/α-hetero) is 1. The Balaban J connectivity index is 1.51. The van der Waals surface area contributed by atoms with Crippen molar-refractivity contribution in [1.29, 1.82) is 0 Å². The van der Waals surface area contributed by atoms with E-state index in [-0.39, 0.29) is 5.78 Å². The number of aryl methyl sites for hydroxylation is 2. The standard InChI is InChI=1S/C25H22ClN3OS/c26-22-14-12-21(13-15-22)23(30)18-31-25-28-27-24(16-11-19-7-3-1-4-8-19)29(25)17-20-9-5-2-6-10-20/h1-10,12-15H,11,16-18H2. The summed E-state index contributed by atoms with van der Waals surface area (Å²) in [5, 5.41) is 10.2. The number of benzene rings is 3. The van der Waals surface area contributed by atoms with Gasteiger partial charge in [-0.05, 0) is 41.8 Å². The fraction of sp³-hybridized carbons (Fsp3) is 0.160. The average molecular weight is 448 g/mol. The average Bonchev–Trinajstić information content (AvgIpc) is 3.19. The number of rotatable bonds is 9. The lowest BCUT2D eigenvalue weighted by atomic mass is 10.1. The van der Waals surface area contributed by atoms with E-state index in [1.54, 1.807) is 24.3 Å². The van der Waals surface area contributed by atoms with Crippen LogP contribution >= 0.6 is 23.4 Å². The van der Waals surface area contributed by atoms with Crippen molar-refractivity contribution < 1.29 is 4.79 Å². The van der Waals surface area contributed by atoms with Crippen molar-refractivity contribution in [2.45, 2.75) is 24.5 Å². The maximum Gasteiger partial charge on any atom is 0.191 e. The summed E-state index contributed by atoms with van der Waals surface area (Å²) in [6, 6.07) is 27.6. The fourth-order valence-corrected chi connectivity index (χ4v) is 4.26. The van der Waals surface area contributed by atoms with Crippen molar-refractivity contribution in [2.75, 3.05) is 5.75 Å². The Bertz CT molecular complexity index is 1130. The number of hydrogen-bond acceptors (Lipinski definition) is 4. The number of aromatic nitrogens is 3. The topological polar surface area (TPSA) is 47.8 Å². The van der Waals surface area contributed by atoms with Gasteiger partial charge in [-0.25, -0.2) is 0 Å². The quantitative estimate of drug-likeness (QED) is 0.242. The van der Waals surface area contributed by atoms with Crippen LogP contribution in [0.2, 0.25) is 5.02 Å². The molecule has 0 saturated carbocycles. The zero-order chi connectivity index (χ0) is 21.5. The van der Waals surface area contributed by atoms with Gasteiger partial charge in [0.15, 0.2) is 10.9 Å². The van der Waals surface area contributed by atoms with Crippen molar-refractivity contribution in [3.05, 3.63) is 112 Å². The first-order valence-electron chi connectivity index (χ1n) is 10.1.